The Labute approximate surface area is 162 Å². The van der Waals surface area contributed by atoms with Gasteiger partial charge in [-0.2, -0.15) is 0 Å². The monoisotopic (exact) mass is 392 g/mol. The molecule has 0 aliphatic heterocycles. The van der Waals surface area contributed by atoms with E-state index in [0.29, 0.717) is 0 Å². The summed E-state index contributed by atoms with van der Waals surface area (Å²) in [4.78, 5) is 11.6. The van der Waals surface area contributed by atoms with Crippen LogP contribution in [0, 0.1) is 11.8 Å². The Morgan fingerprint density at radius 2 is 0.889 bits per heavy atom. The maximum Gasteiger partial charge on any atom is 0.169 e. The number of ketones is 1. The van der Waals surface area contributed by atoms with Gasteiger partial charge in [-0.25, -0.2) is 0 Å². The molecule has 2 aliphatic rings. The second kappa shape index (κ2) is 11.4. The van der Waals surface area contributed by atoms with E-state index in [4.69, 9.17) is 33.2 Å². The van der Waals surface area contributed by atoms with Crippen LogP contribution in [0.5, 0.6) is 0 Å². The molecule has 8 atom stereocenters. The van der Waals surface area contributed by atoms with E-state index in [1.54, 1.807) is 42.7 Å². The van der Waals surface area contributed by atoms with Crippen LogP contribution in [-0.2, 0) is 38.0 Å². The van der Waals surface area contributed by atoms with Crippen LogP contribution in [0.3, 0.4) is 0 Å². The van der Waals surface area contributed by atoms with Gasteiger partial charge < -0.3 is 33.2 Å². The third-order valence-corrected chi connectivity index (χ3v) is 5.74. The molecule has 0 aromatic carbocycles. The van der Waals surface area contributed by atoms with E-state index in [2.05, 4.69) is 6.92 Å². The molecule has 0 saturated heterocycles. The minimum absolute atomic E-state index is 0.0369. The number of carbonyl (C=O) groups excluding carboxylic acids is 1. The van der Waals surface area contributed by atoms with Crippen molar-refractivity contribution in [3.05, 3.63) is 0 Å². The quantitative estimate of drug-likeness (QED) is 0.633. The van der Waals surface area contributed by atoms with Gasteiger partial charge in [0.2, 0.25) is 0 Å². The fourth-order valence-corrected chi connectivity index (χ4v) is 4.28. The largest absolute Gasteiger partial charge is 0.378 e. The lowest BCUT2D eigenvalue weighted by Crippen LogP contribution is -2.37. The van der Waals surface area contributed by atoms with Gasteiger partial charge in [-0.3, -0.25) is 4.79 Å². The molecule has 0 bridgehead atoms. The zero-order valence-corrected chi connectivity index (χ0v) is 18.0. The predicted molar refractivity (Wildman–Crippen MR) is 98.9 cm³/mol. The van der Waals surface area contributed by atoms with Crippen molar-refractivity contribution < 1.29 is 38.0 Å². The summed E-state index contributed by atoms with van der Waals surface area (Å²) in [5.74, 6) is 0.181. The molecule has 8 nitrogen and oxygen atoms in total. The zero-order valence-electron chi connectivity index (χ0n) is 18.0. The highest BCUT2D eigenvalue weighted by Crippen LogP contribution is 2.34. The number of carbonyl (C=O) groups is 1. The van der Waals surface area contributed by atoms with E-state index >= 15 is 0 Å². The minimum Gasteiger partial charge on any atom is -0.378 e. The lowest BCUT2D eigenvalue weighted by Gasteiger charge is -2.22. The van der Waals surface area contributed by atoms with Crippen LogP contribution in [0.2, 0.25) is 0 Å². The van der Waals surface area contributed by atoms with Crippen molar-refractivity contribution in [1.29, 1.82) is 0 Å². The van der Waals surface area contributed by atoms with E-state index in [9.17, 15) is 4.79 Å². The van der Waals surface area contributed by atoms with Crippen LogP contribution >= 0.6 is 0 Å². The van der Waals surface area contributed by atoms with Crippen molar-refractivity contribution in [3.8, 4) is 0 Å². The Morgan fingerprint density at radius 1 is 0.519 bits per heavy atom. The van der Waals surface area contributed by atoms with Crippen molar-refractivity contribution in [3.63, 3.8) is 0 Å². The van der Waals surface area contributed by atoms with Crippen LogP contribution in [0.25, 0.3) is 0 Å². The lowest BCUT2D eigenvalue weighted by atomic mass is 10.1. The molecule has 27 heavy (non-hydrogen) atoms. The zero-order chi connectivity index (χ0) is 20.7. The average Bonchev–Trinajstić information content (AvgIpc) is 3.10. The molecule has 0 N–H and O–H groups in total. The van der Waals surface area contributed by atoms with Crippen molar-refractivity contribution in [2.24, 2.45) is 11.8 Å². The Morgan fingerprint density at radius 3 is 1.19 bits per heavy atom. The van der Waals surface area contributed by atoms with Crippen molar-refractivity contribution >= 4 is 5.78 Å². The van der Waals surface area contributed by atoms with Crippen molar-refractivity contribution in [2.45, 2.75) is 56.6 Å². The number of rotatable bonds is 7. The summed E-state index contributed by atoms with van der Waals surface area (Å²) in [6, 6.07) is 0. The van der Waals surface area contributed by atoms with Crippen LogP contribution in [0.4, 0.5) is 0 Å². The predicted octanol–water partition coefficient (Wildman–Crippen LogP) is 0.946. The molecule has 0 radical (unpaired) electrons. The number of hydrogen-bond donors (Lipinski definition) is 0. The Balaban J connectivity index is 0.000000271. The molecule has 2 fully saturated rings. The molecule has 160 valence electrons. The van der Waals surface area contributed by atoms with Crippen LogP contribution in [0.1, 0.15) is 13.8 Å². The highest BCUT2D eigenvalue weighted by Gasteiger charge is 2.50. The van der Waals surface area contributed by atoms with Gasteiger partial charge in [0.1, 0.15) is 24.4 Å². The molecule has 8 heteroatoms. The fraction of sp³-hybridized carbons (Fsp3) is 0.947. The van der Waals surface area contributed by atoms with Crippen molar-refractivity contribution in [2.75, 3.05) is 49.8 Å². The third kappa shape index (κ3) is 4.87. The summed E-state index contributed by atoms with van der Waals surface area (Å²) in [5, 5.41) is 0. The first-order chi connectivity index (χ1) is 12.9. The first-order valence-corrected chi connectivity index (χ1v) is 9.11. The Bertz CT molecular complexity index is 427. The highest BCUT2D eigenvalue weighted by atomic mass is 16.6. The SMILES string of the molecule is COC1C(=O)C(C)C(OC)C1OC.COC1C(C)C(OC)C(OC)C1OC. The first-order valence-electron chi connectivity index (χ1n) is 9.11. The van der Waals surface area contributed by atoms with Crippen LogP contribution in [-0.4, -0.2) is 98.3 Å². The summed E-state index contributed by atoms with van der Waals surface area (Å²) in [6.07, 6.45) is -0.982. The molecule has 8 unspecified atom stereocenters. The topological polar surface area (TPSA) is 81.7 Å². The molecule has 0 aromatic heterocycles. The van der Waals surface area contributed by atoms with Gasteiger partial charge in [-0.05, 0) is 0 Å². The maximum atomic E-state index is 11.6. The number of ether oxygens (including phenoxy) is 7. The molecule has 0 amide bonds. The highest BCUT2D eigenvalue weighted by molar-refractivity contribution is 5.89. The summed E-state index contributed by atoms with van der Waals surface area (Å²) >= 11 is 0. The van der Waals surface area contributed by atoms with Gasteiger partial charge in [0.05, 0.1) is 18.3 Å². The molecule has 2 rings (SSSR count). The molecule has 0 heterocycles. The number of hydrogen-bond acceptors (Lipinski definition) is 8. The summed E-state index contributed by atoms with van der Waals surface area (Å²) < 4.78 is 37.1. The second-order valence-corrected chi connectivity index (χ2v) is 6.91. The van der Waals surface area contributed by atoms with Gasteiger partial charge in [0, 0.05) is 61.6 Å². The summed E-state index contributed by atoms with van der Waals surface area (Å²) in [6.45, 7) is 3.93. The van der Waals surface area contributed by atoms with E-state index in [1.807, 2.05) is 6.92 Å². The second-order valence-electron chi connectivity index (χ2n) is 6.91. The van der Waals surface area contributed by atoms with Gasteiger partial charge in [0.15, 0.2) is 5.78 Å². The molecule has 0 aromatic rings. The first kappa shape index (κ1) is 24.4. The molecule has 0 spiro atoms. The lowest BCUT2D eigenvalue weighted by molar-refractivity contribution is -0.132. The van der Waals surface area contributed by atoms with Gasteiger partial charge in [0.25, 0.3) is 0 Å². The standard InChI is InChI=1S/C10H20O4.C9H16O4/c1-6-7(11-2)9(13-4)10(14-5)8(6)12-3;1-5-6(10)8(12-3)9(13-4)7(5)11-2/h6-10H,1-5H3;5,7-9H,1-4H3. The molecular formula is C19H36O8. The molecule has 2 saturated carbocycles. The van der Waals surface area contributed by atoms with Gasteiger partial charge >= 0.3 is 0 Å². The van der Waals surface area contributed by atoms with Gasteiger partial charge in [-0.1, -0.05) is 13.8 Å². The van der Waals surface area contributed by atoms with Gasteiger partial charge in [-0.15, -0.1) is 0 Å². The summed E-state index contributed by atoms with van der Waals surface area (Å²) in [5.41, 5.74) is 0. The van der Waals surface area contributed by atoms with Crippen molar-refractivity contribution in [1.82, 2.24) is 0 Å². The normalized spacial score (nSPS) is 41.5. The minimum atomic E-state index is -0.482. The van der Waals surface area contributed by atoms with E-state index < -0.39 is 6.10 Å². The number of methoxy groups -OCH3 is 7. The fourth-order valence-electron chi connectivity index (χ4n) is 4.28. The Kier molecular flexibility index (Phi) is 10.3. The summed E-state index contributed by atoms with van der Waals surface area (Å²) in [7, 11) is 11.4. The maximum absolute atomic E-state index is 11.6. The molecular weight excluding hydrogens is 356 g/mol. The molecule has 2 aliphatic carbocycles. The Hall–Kier alpha value is -0.610. The van der Waals surface area contributed by atoms with E-state index in [1.165, 1.54) is 7.11 Å². The van der Waals surface area contributed by atoms with E-state index in [-0.39, 0.29) is 54.2 Å². The van der Waals surface area contributed by atoms with Crippen LogP contribution in [0.15, 0.2) is 0 Å². The smallest absolute Gasteiger partial charge is 0.169 e. The number of Topliss-reactive ketones (excluding diaryl/α,β-unsaturated/α-hetero) is 1. The average molecular weight is 392 g/mol. The third-order valence-electron chi connectivity index (χ3n) is 5.74. The van der Waals surface area contributed by atoms with Crippen LogP contribution < -0.4 is 0 Å². The van der Waals surface area contributed by atoms with E-state index in [0.717, 1.165) is 0 Å².